The van der Waals surface area contributed by atoms with E-state index in [-0.39, 0.29) is 0 Å². The Labute approximate surface area is 144 Å². The summed E-state index contributed by atoms with van der Waals surface area (Å²) in [7, 11) is 0. The van der Waals surface area contributed by atoms with Gasteiger partial charge in [0, 0.05) is 6.07 Å². The molecule has 25 heavy (non-hydrogen) atoms. The number of ether oxygens (including phenoxy) is 1. The third-order valence-corrected chi connectivity index (χ3v) is 3.98. The maximum Gasteiger partial charge on any atom is 0.207 e. The fourth-order valence-electron chi connectivity index (χ4n) is 2.71. The van der Waals surface area contributed by atoms with Gasteiger partial charge in [0.1, 0.15) is 12.4 Å². The van der Waals surface area contributed by atoms with Gasteiger partial charge in [0.05, 0.1) is 0 Å². The molecule has 0 saturated carbocycles. The van der Waals surface area contributed by atoms with E-state index in [2.05, 4.69) is 75.8 Å². The molecule has 6 heteroatoms. The Bertz CT molecular complexity index is 1020. The summed E-state index contributed by atoms with van der Waals surface area (Å²) in [6.45, 7) is 2.51. The Morgan fingerprint density at radius 1 is 1.00 bits per heavy atom. The highest BCUT2D eigenvalue weighted by atomic mass is 16.5. The minimum Gasteiger partial charge on any atom is -0.486 e. The number of hydrogen-bond acceptors (Lipinski definition) is 5. The first kappa shape index (κ1) is 15.1. The molecule has 0 radical (unpaired) electrons. The van der Waals surface area contributed by atoms with Gasteiger partial charge in [-0.25, -0.2) is 4.98 Å². The highest BCUT2D eigenvalue weighted by Gasteiger charge is 2.10. The zero-order valence-corrected chi connectivity index (χ0v) is 13.7. The van der Waals surface area contributed by atoms with Gasteiger partial charge in [0.25, 0.3) is 0 Å². The average molecular weight is 331 g/mol. The Morgan fingerprint density at radius 2 is 1.84 bits per heavy atom. The van der Waals surface area contributed by atoms with Gasteiger partial charge in [0.2, 0.25) is 5.65 Å². The smallest absolute Gasteiger partial charge is 0.207 e. The standard InChI is InChI=1S/C19H17N5O/c1-12-3-2-4-15(9-12)14-7-5-13(6-8-14)11-25-16-10-17(20)21-19-18(16)22-24-23-19/h2-10H,11H2,1H3,(H3,20,21,22,23,24). The first-order chi connectivity index (χ1) is 12.2. The van der Waals surface area contributed by atoms with Crippen LogP contribution in [0, 0.1) is 6.92 Å². The molecule has 3 N–H and O–H groups in total. The molecule has 0 unspecified atom stereocenters. The van der Waals surface area contributed by atoms with Crippen LogP contribution in [0.5, 0.6) is 5.75 Å². The number of nitrogens with zero attached hydrogens (tertiary/aromatic N) is 3. The summed E-state index contributed by atoms with van der Waals surface area (Å²) in [5.41, 5.74) is 11.5. The van der Waals surface area contributed by atoms with Crippen LogP contribution in [-0.2, 0) is 6.61 Å². The summed E-state index contributed by atoms with van der Waals surface area (Å²) in [6.07, 6.45) is 0. The SMILES string of the molecule is Cc1cccc(-c2ccc(COc3cc(N)nc4n[nH]nc34)cc2)c1. The second-order valence-corrected chi connectivity index (χ2v) is 5.90. The minimum absolute atomic E-state index is 0.353. The van der Waals surface area contributed by atoms with E-state index in [0.717, 1.165) is 5.56 Å². The van der Waals surface area contributed by atoms with Crippen molar-refractivity contribution in [3.05, 3.63) is 65.7 Å². The van der Waals surface area contributed by atoms with E-state index in [1.165, 1.54) is 16.7 Å². The molecule has 2 aromatic heterocycles. The fraction of sp³-hybridized carbons (Fsp3) is 0.105. The van der Waals surface area contributed by atoms with Crippen molar-refractivity contribution in [1.29, 1.82) is 0 Å². The molecular weight excluding hydrogens is 314 g/mol. The van der Waals surface area contributed by atoms with Gasteiger partial charge in [-0.1, -0.05) is 54.1 Å². The molecule has 0 aliphatic heterocycles. The lowest BCUT2D eigenvalue weighted by molar-refractivity contribution is 0.309. The molecule has 0 amide bonds. The van der Waals surface area contributed by atoms with Crippen LogP contribution in [0.2, 0.25) is 0 Å². The van der Waals surface area contributed by atoms with Crippen LogP contribution in [0.3, 0.4) is 0 Å². The summed E-state index contributed by atoms with van der Waals surface area (Å²) in [4.78, 5) is 4.10. The van der Waals surface area contributed by atoms with Crippen LogP contribution >= 0.6 is 0 Å². The predicted octanol–water partition coefficient (Wildman–Crippen LogP) is 3.49. The van der Waals surface area contributed by atoms with Gasteiger partial charge >= 0.3 is 0 Å². The lowest BCUT2D eigenvalue weighted by atomic mass is 10.0. The molecule has 124 valence electrons. The summed E-state index contributed by atoms with van der Waals surface area (Å²) >= 11 is 0. The number of rotatable bonds is 4. The largest absolute Gasteiger partial charge is 0.486 e. The summed E-state index contributed by atoms with van der Waals surface area (Å²) in [5.74, 6) is 0.921. The number of anilines is 1. The summed E-state index contributed by atoms with van der Waals surface area (Å²) < 4.78 is 5.87. The van der Waals surface area contributed by atoms with Crippen LogP contribution in [0.15, 0.2) is 54.6 Å². The van der Waals surface area contributed by atoms with Crippen molar-refractivity contribution in [2.45, 2.75) is 13.5 Å². The van der Waals surface area contributed by atoms with Crippen LogP contribution in [0.4, 0.5) is 5.82 Å². The number of H-pyrrole nitrogens is 1. The highest BCUT2D eigenvalue weighted by molar-refractivity contribution is 5.78. The van der Waals surface area contributed by atoms with E-state index in [9.17, 15) is 0 Å². The van der Waals surface area contributed by atoms with Gasteiger partial charge in [-0.3, -0.25) is 0 Å². The molecule has 0 aliphatic rings. The Balaban J connectivity index is 1.52. The number of nitrogens with two attached hydrogens (primary N) is 1. The number of benzene rings is 2. The second kappa shape index (κ2) is 6.24. The molecule has 2 aromatic carbocycles. The van der Waals surface area contributed by atoms with E-state index in [1.807, 2.05) is 0 Å². The van der Waals surface area contributed by atoms with E-state index in [4.69, 9.17) is 10.5 Å². The average Bonchev–Trinajstić information content (AvgIpc) is 3.08. The molecule has 4 aromatic rings. The zero-order valence-electron chi connectivity index (χ0n) is 13.7. The molecule has 6 nitrogen and oxygen atoms in total. The van der Waals surface area contributed by atoms with Gasteiger partial charge in [-0.15, -0.1) is 5.10 Å². The van der Waals surface area contributed by atoms with Crippen LogP contribution in [0.1, 0.15) is 11.1 Å². The van der Waals surface area contributed by atoms with Crippen molar-refractivity contribution in [2.75, 3.05) is 5.73 Å². The lowest BCUT2D eigenvalue weighted by Crippen LogP contribution is -1.99. The van der Waals surface area contributed by atoms with Crippen LogP contribution in [0.25, 0.3) is 22.3 Å². The maximum absolute atomic E-state index is 5.87. The van der Waals surface area contributed by atoms with E-state index in [0.29, 0.717) is 29.3 Å². The third-order valence-electron chi connectivity index (χ3n) is 3.98. The molecule has 4 rings (SSSR count). The van der Waals surface area contributed by atoms with Gasteiger partial charge in [-0.2, -0.15) is 10.3 Å². The van der Waals surface area contributed by atoms with Crippen molar-refractivity contribution in [3.8, 4) is 16.9 Å². The van der Waals surface area contributed by atoms with Crippen LogP contribution in [-0.4, -0.2) is 20.4 Å². The maximum atomic E-state index is 5.87. The second-order valence-electron chi connectivity index (χ2n) is 5.90. The molecule has 0 aliphatic carbocycles. The van der Waals surface area contributed by atoms with Gasteiger partial charge < -0.3 is 10.5 Å². The van der Waals surface area contributed by atoms with Crippen molar-refractivity contribution >= 4 is 17.0 Å². The molecule has 0 atom stereocenters. The first-order valence-corrected chi connectivity index (χ1v) is 7.95. The molecule has 0 fully saturated rings. The van der Waals surface area contributed by atoms with E-state index >= 15 is 0 Å². The number of pyridine rings is 1. The Morgan fingerprint density at radius 3 is 2.64 bits per heavy atom. The van der Waals surface area contributed by atoms with Gasteiger partial charge in [0.15, 0.2) is 11.3 Å². The number of fused-ring (bicyclic) bond motifs is 1. The van der Waals surface area contributed by atoms with Crippen LogP contribution < -0.4 is 10.5 Å². The topological polar surface area (TPSA) is 89.7 Å². The quantitative estimate of drug-likeness (QED) is 0.597. The Hall–Kier alpha value is -3.41. The van der Waals surface area contributed by atoms with E-state index < -0.39 is 0 Å². The number of aryl methyl sites for hydroxylation is 1. The highest BCUT2D eigenvalue weighted by Crippen LogP contribution is 2.25. The first-order valence-electron chi connectivity index (χ1n) is 7.95. The fourth-order valence-corrected chi connectivity index (χ4v) is 2.71. The molecule has 0 bridgehead atoms. The number of aromatic nitrogens is 4. The number of nitrogen functional groups attached to an aromatic ring is 1. The monoisotopic (exact) mass is 331 g/mol. The minimum atomic E-state index is 0.353. The van der Waals surface area contributed by atoms with Gasteiger partial charge in [-0.05, 0) is 23.6 Å². The Kier molecular flexibility index (Phi) is 3.78. The van der Waals surface area contributed by atoms with Crippen molar-refractivity contribution in [1.82, 2.24) is 20.4 Å². The normalized spacial score (nSPS) is 10.9. The summed E-state index contributed by atoms with van der Waals surface area (Å²) in [5, 5.41) is 10.5. The number of nitrogens with one attached hydrogen (secondary N) is 1. The lowest BCUT2D eigenvalue weighted by Gasteiger charge is -2.08. The number of aromatic amines is 1. The third kappa shape index (κ3) is 3.14. The van der Waals surface area contributed by atoms with E-state index in [1.54, 1.807) is 6.07 Å². The molecular formula is C19H17N5O. The summed E-state index contributed by atoms with van der Waals surface area (Å²) in [6, 6.07) is 18.4. The van der Waals surface area contributed by atoms with Crippen molar-refractivity contribution in [2.24, 2.45) is 0 Å². The number of hydrogen-bond donors (Lipinski definition) is 2. The molecule has 0 saturated heterocycles. The molecule has 0 spiro atoms. The molecule has 2 heterocycles. The van der Waals surface area contributed by atoms with Crippen molar-refractivity contribution < 1.29 is 4.74 Å². The zero-order chi connectivity index (χ0) is 17.2. The predicted molar refractivity (Wildman–Crippen MR) is 97.0 cm³/mol. The van der Waals surface area contributed by atoms with Crippen molar-refractivity contribution in [3.63, 3.8) is 0 Å².